The first kappa shape index (κ1) is 17.5. The van der Waals surface area contributed by atoms with Crippen molar-refractivity contribution in [2.45, 2.75) is 33.6 Å². The van der Waals surface area contributed by atoms with Crippen LogP contribution in [0.25, 0.3) is 11.0 Å². The van der Waals surface area contributed by atoms with Gasteiger partial charge < -0.3 is 14.6 Å². The Morgan fingerprint density at radius 1 is 1.44 bits per heavy atom. The van der Waals surface area contributed by atoms with Crippen molar-refractivity contribution in [3.8, 4) is 0 Å². The monoisotopic (exact) mass is 343 g/mol. The van der Waals surface area contributed by atoms with Crippen LogP contribution in [0.5, 0.6) is 0 Å². The number of hydrogen-bond donors (Lipinski definition) is 1. The number of esters is 1. The minimum atomic E-state index is -0.590. The average Bonchev–Trinajstić information content (AvgIpc) is 3.21. The summed E-state index contributed by atoms with van der Waals surface area (Å²) in [6, 6.07) is 3.83. The Balaban J connectivity index is 1.74. The van der Waals surface area contributed by atoms with Gasteiger partial charge in [0.2, 0.25) is 5.91 Å². The van der Waals surface area contributed by atoms with E-state index in [1.165, 1.54) is 0 Å². The highest BCUT2D eigenvalue weighted by Crippen LogP contribution is 2.39. The predicted octanol–water partition coefficient (Wildman–Crippen LogP) is 2.54. The molecule has 2 aromatic rings. The molecule has 3 heterocycles. The normalized spacial score (nSPS) is 20.4. The lowest BCUT2D eigenvalue weighted by atomic mass is 9.76. The second kappa shape index (κ2) is 6.86. The van der Waals surface area contributed by atoms with E-state index in [-0.39, 0.29) is 17.8 Å². The van der Waals surface area contributed by atoms with E-state index in [9.17, 15) is 9.59 Å². The number of carbonyl (C=O) groups excluding carboxylic acids is 2. The third kappa shape index (κ3) is 3.13. The van der Waals surface area contributed by atoms with Crippen molar-refractivity contribution in [3.63, 3.8) is 0 Å². The van der Waals surface area contributed by atoms with Crippen molar-refractivity contribution in [2.24, 2.45) is 11.3 Å². The summed E-state index contributed by atoms with van der Waals surface area (Å²) in [6.45, 7) is 7.25. The van der Waals surface area contributed by atoms with Crippen LogP contribution in [0, 0.1) is 11.3 Å². The van der Waals surface area contributed by atoms with E-state index < -0.39 is 5.41 Å². The topological polar surface area (TPSA) is 75.3 Å². The molecule has 1 amide bonds. The van der Waals surface area contributed by atoms with Gasteiger partial charge in [-0.2, -0.15) is 0 Å². The maximum Gasteiger partial charge on any atom is 0.314 e. The second-order valence-corrected chi connectivity index (χ2v) is 6.99. The molecule has 25 heavy (non-hydrogen) atoms. The standard InChI is InChI=1S/C19H25N3O3/c1-4-25-18(24)19(13(2)3)7-9-22(12-19)16(23)10-14-11-21-17-15(14)6-5-8-20-17/h5-6,8,11,13H,4,7,9-10,12H2,1-3H3,(H,20,21). The molecule has 0 aromatic carbocycles. The summed E-state index contributed by atoms with van der Waals surface area (Å²) in [5.74, 6) is -0.0187. The summed E-state index contributed by atoms with van der Waals surface area (Å²) in [5.41, 5.74) is 1.13. The molecular weight excluding hydrogens is 318 g/mol. The van der Waals surface area contributed by atoms with Crippen LogP contribution in [-0.2, 0) is 20.7 Å². The van der Waals surface area contributed by atoms with Gasteiger partial charge >= 0.3 is 5.97 Å². The molecule has 1 fully saturated rings. The van der Waals surface area contributed by atoms with E-state index >= 15 is 0 Å². The molecule has 1 aliphatic rings. The summed E-state index contributed by atoms with van der Waals surface area (Å²) in [7, 11) is 0. The van der Waals surface area contributed by atoms with Crippen molar-refractivity contribution in [1.29, 1.82) is 0 Å². The number of H-pyrrole nitrogens is 1. The lowest BCUT2D eigenvalue weighted by Gasteiger charge is -2.30. The van der Waals surface area contributed by atoms with E-state index in [1.54, 1.807) is 11.1 Å². The van der Waals surface area contributed by atoms with Crippen LogP contribution in [0.3, 0.4) is 0 Å². The minimum Gasteiger partial charge on any atom is -0.466 e. The number of amides is 1. The zero-order chi connectivity index (χ0) is 18.0. The molecule has 1 saturated heterocycles. The molecule has 0 spiro atoms. The fraction of sp³-hybridized carbons (Fsp3) is 0.526. The fourth-order valence-corrected chi connectivity index (χ4v) is 3.63. The minimum absolute atomic E-state index is 0.0385. The Kier molecular flexibility index (Phi) is 4.79. The van der Waals surface area contributed by atoms with Gasteiger partial charge in [-0.1, -0.05) is 13.8 Å². The van der Waals surface area contributed by atoms with Crippen LogP contribution in [0.15, 0.2) is 24.5 Å². The smallest absolute Gasteiger partial charge is 0.314 e. The van der Waals surface area contributed by atoms with Crippen LogP contribution in [0.4, 0.5) is 0 Å². The van der Waals surface area contributed by atoms with Crippen LogP contribution < -0.4 is 0 Å². The van der Waals surface area contributed by atoms with Gasteiger partial charge in [0, 0.05) is 30.9 Å². The van der Waals surface area contributed by atoms with Crippen LogP contribution in [0.2, 0.25) is 0 Å². The van der Waals surface area contributed by atoms with E-state index in [2.05, 4.69) is 9.97 Å². The van der Waals surface area contributed by atoms with Gasteiger partial charge in [-0.15, -0.1) is 0 Å². The van der Waals surface area contributed by atoms with E-state index in [0.29, 0.717) is 32.5 Å². The van der Waals surface area contributed by atoms with Crippen molar-refractivity contribution in [1.82, 2.24) is 14.9 Å². The summed E-state index contributed by atoms with van der Waals surface area (Å²) in [4.78, 5) is 34.4. The van der Waals surface area contributed by atoms with Gasteiger partial charge in [-0.3, -0.25) is 9.59 Å². The molecule has 6 heteroatoms. The summed E-state index contributed by atoms with van der Waals surface area (Å²) >= 11 is 0. The maximum atomic E-state index is 12.8. The average molecular weight is 343 g/mol. The van der Waals surface area contributed by atoms with Crippen LogP contribution >= 0.6 is 0 Å². The number of nitrogens with one attached hydrogen (secondary N) is 1. The Morgan fingerprint density at radius 2 is 2.24 bits per heavy atom. The zero-order valence-corrected chi connectivity index (χ0v) is 15.0. The van der Waals surface area contributed by atoms with Gasteiger partial charge in [0.1, 0.15) is 5.65 Å². The number of carbonyl (C=O) groups is 2. The van der Waals surface area contributed by atoms with Crippen molar-refractivity contribution in [2.75, 3.05) is 19.7 Å². The first-order valence-electron chi connectivity index (χ1n) is 8.84. The van der Waals surface area contributed by atoms with E-state index in [0.717, 1.165) is 16.6 Å². The van der Waals surface area contributed by atoms with Gasteiger partial charge in [-0.25, -0.2) is 4.98 Å². The second-order valence-electron chi connectivity index (χ2n) is 6.99. The lowest BCUT2D eigenvalue weighted by molar-refractivity contribution is -0.157. The molecular formula is C19H25N3O3. The summed E-state index contributed by atoms with van der Waals surface area (Å²) in [5, 5.41) is 0.968. The number of rotatable bonds is 5. The number of aromatic nitrogens is 2. The first-order chi connectivity index (χ1) is 12.0. The van der Waals surface area contributed by atoms with Crippen molar-refractivity contribution < 1.29 is 14.3 Å². The largest absolute Gasteiger partial charge is 0.466 e. The third-order valence-corrected chi connectivity index (χ3v) is 5.32. The zero-order valence-electron chi connectivity index (χ0n) is 15.0. The Morgan fingerprint density at radius 3 is 2.96 bits per heavy atom. The molecule has 1 atom stereocenters. The highest BCUT2D eigenvalue weighted by molar-refractivity contribution is 5.88. The quantitative estimate of drug-likeness (QED) is 0.847. The molecule has 0 radical (unpaired) electrons. The third-order valence-electron chi connectivity index (χ3n) is 5.32. The maximum absolute atomic E-state index is 12.8. The highest BCUT2D eigenvalue weighted by atomic mass is 16.5. The molecule has 2 aromatic heterocycles. The molecule has 3 rings (SSSR count). The van der Waals surface area contributed by atoms with Gasteiger partial charge in [-0.05, 0) is 37.0 Å². The number of aromatic amines is 1. The Labute approximate surface area is 147 Å². The van der Waals surface area contributed by atoms with Crippen molar-refractivity contribution in [3.05, 3.63) is 30.1 Å². The fourth-order valence-electron chi connectivity index (χ4n) is 3.63. The predicted molar refractivity (Wildman–Crippen MR) is 94.9 cm³/mol. The van der Waals surface area contributed by atoms with Gasteiger partial charge in [0.25, 0.3) is 0 Å². The molecule has 0 bridgehead atoms. The molecule has 0 saturated carbocycles. The lowest BCUT2D eigenvalue weighted by Crippen LogP contribution is -2.42. The molecule has 6 nitrogen and oxygen atoms in total. The summed E-state index contributed by atoms with van der Waals surface area (Å²) < 4.78 is 5.29. The Hall–Kier alpha value is -2.37. The molecule has 1 unspecified atom stereocenters. The highest BCUT2D eigenvalue weighted by Gasteiger charge is 2.49. The molecule has 0 aliphatic carbocycles. The van der Waals surface area contributed by atoms with Crippen LogP contribution in [-0.4, -0.2) is 46.4 Å². The van der Waals surface area contributed by atoms with Gasteiger partial charge in [0.15, 0.2) is 0 Å². The summed E-state index contributed by atoms with van der Waals surface area (Å²) in [6.07, 6.45) is 4.53. The molecule has 1 N–H and O–H groups in total. The van der Waals surface area contributed by atoms with Crippen LogP contribution in [0.1, 0.15) is 32.8 Å². The number of ether oxygens (including phenoxy) is 1. The van der Waals surface area contributed by atoms with Crippen molar-refractivity contribution >= 4 is 22.9 Å². The number of pyridine rings is 1. The van der Waals surface area contributed by atoms with E-state index in [1.807, 2.05) is 39.1 Å². The first-order valence-corrected chi connectivity index (χ1v) is 8.84. The molecule has 134 valence electrons. The number of nitrogens with zero attached hydrogens (tertiary/aromatic N) is 2. The van der Waals surface area contributed by atoms with Gasteiger partial charge in [0.05, 0.1) is 18.4 Å². The Bertz CT molecular complexity index is 783. The molecule has 1 aliphatic heterocycles. The number of hydrogen-bond acceptors (Lipinski definition) is 4. The SMILES string of the molecule is CCOC(=O)C1(C(C)C)CCN(C(=O)Cc2c[nH]c3ncccc23)C1. The van der Waals surface area contributed by atoms with E-state index in [4.69, 9.17) is 4.74 Å². The number of fused-ring (bicyclic) bond motifs is 1. The number of likely N-dealkylation sites (tertiary alicyclic amines) is 1.